The Kier molecular flexibility index (Phi) is 6.41. The maximum absolute atomic E-state index is 12.5. The van der Waals surface area contributed by atoms with Crippen LogP contribution in [0.2, 0.25) is 0 Å². The summed E-state index contributed by atoms with van der Waals surface area (Å²) in [6.07, 6.45) is 7.02. The summed E-state index contributed by atoms with van der Waals surface area (Å²) < 4.78 is 0. The van der Waals surface area contributed by atoms with Gasteiger partial charge in [-0.15, -0.1) is 0 Å². The summed E-state index contributed by atoms with van der Waals surface area (Å²) in [7, 11) is 0. The van der Waals surface area contributed by atoms with Gasteiger partial charge in [-0.2, -0.15) is 0 Å². The molecule has 0 unspecified atom stereocenters. The SMILES string of the molecule is O=C(O)CCc1cccc(NC(=O)c2ccc(N3CCCCCC3)nc2)c1. The molecule has 2 aromatic rings. The second-order valence-corrected chi connectivity index (χ2v) is 6.85. The number of carbonyl (C=O) groups is 2. The van der Waals surface area contributed by atoms with Gasteiger partial charge in [-0.25, -0.2) is 4.98 Å². The molecule has 0 aliphatic carbocycles. The number of hydrogen-bond donors (Lipinski definition) is 2. The molecule has 1 saturated heterocycles. The fraction of sp³-hybridized carbons (Fsp3) is 0.381. The van der Waals surface area contributed by atoms with E-state index in [0.717, 1.165) is 24.5 Å². The van der Waals surface area contributed by atoms with E-state index in [0.29, 0.717) is 17.7 Å². The van der Waals surface area contributed by atoms with Crippen LogP contribution in [0.5, 0.6) is 0 Å². The summed E-state index contributed by atoms with van der Waals surface area (Å²) in [4.78, 5) is 29.9. The first-order chi connectivity index (χ1) is 13.1. The molecule has 0 saturated carbocycles. The molecule has 1 amide bonds. The molecule has 2 heterocycles. The average Bonchev–Trinajstić information content (AvgIpc) is 2.96. The number of aliphatic carboxylic acids is 1. The Labute approximate surface area is 159 Å². The molecule has 0 bridgehead atoms. The molecule has 1 aromatic carbocycles. The smallest absolute Gasteiger partial charge is 0.303 e. The van der Waals surface area contributed by atoms with Crippen LogP contribution in [0.3, 0.4) is 0 Å². The van der Waals surface area contributed by atoms with Crippen molar-refractivity contribution < 1.29 is 14.7 Å². The van der Waals surface area contributed by atoms with Crippen LogP contribution in [0, 0.1) is 0 Å². The molecule has 6 nitrogen and oxygen atoms in total. The van der Waals surface area contributed by atoms with Gasteiger partial charge in [0.2, 0.25) is 0 Å². The van der Waals surface area contributed by atoms with Gasteiger partial charge in [0.25, 0.3) is 5.91 Å². The zero-order valence-corrected chi connectivity index (χ0v) is 15.4. The number of benzene rings is 1. The number of carboxylic acid groups (broad SMARTS) is 1. The lowest BCUT2D eigenvalue weighted by atomic mass is 10.1. The predicted octanol–water partition coefficient (Wildman–Crippen LogP) is 3.73. The number of carboxylic acids is 1. The Morgan fingerprint density at radius 2 is 1.85 bits per heavy atom. The second-order valence-electron chi connectivity index (χ2n) is 6.85. The molecule has 6 heteroatoms. The fourth-order valence-electron chi connectivity index (χ4n) is 3.27. The molecule has 0 atom stereocenters. The highest BCUT2D eigenvalue weighted by Gasteiger charge is 2.13. The van der Waals surface area contributed by atoms with E-state index in [1.165, 1.54) is 25.7 Å². The third-order valence-electron chi connectivity index (χ3n) is 4.75. The summed E-state index contributed by atoms with van der Waals surface area (Å²) in [5.41, 5.74) is 2.04. The zero-order chi connectivity index (χ0) is 19.1. The molecular weight excluding hydrogens is 342 g/mol. The van der Waals surface area contributed by atoms with Gasteiger partial charge in [0, 0.05) is 31.4 Å². The van der Waals surface area contributed by atoms with Gasteiger partial charge < -0.3 is 15.3 Å². The molecule has 2 N–H and O–H groups in total. The Morgan fingerprint density at radius 1 is 1.07 bits per heavy atom. The van der Waals surface area contributed by atoms with Crippen molar-refractivity contribution in [3.63, 3.8) is 0 Å². The first-order valence-corrected chi connectivity index (χ1v) is 9.45. The van der Waals surface area contributed by atoms with Crippen molar-refractivity contribution in [3.8, 4) is 0 Å². The van der Waals surface area contributed by atoms with E-state index in [-0.39, 0.29) is 12.3 Å². The lowest BCUT2D eigenvalue weighted by Crippen LogP contribution is -2.25. The number of rotatable bonds is 6. The van der Waals surface area contributed by atoms with Crippen LogP contribution in [0.25, 0.3) is 0 Å². The molecule has 1 aliphatic heterocycles. The Hall–Kier alpha value is -2.89. The number of anilines is 2. The number of aromatic nitrogens is 1. The van der Waals surface area contributed by atoms with Gasteiger partial charge >= 0.3 is 5.97 Å². The van der Waals surface area contributed by atoms with Crippen LogP contribution in [0.1, 0.15) is 48.0 Å². The fourth-order valence-corrected chi connectivity index (χ4v) is 3.27. The summed E-state index contributed by atoms with van der Waals surface area (Å²) >= 11 is 0. The van der Waals surface area contributed by atoms with Crippen LogP contribution in [-0.2, 0) is 11.2 Å². The van der Waals surface area contributed by atoms with Crippen LogP contribution >= 0.6 is 0 Å². The monoisotopic (exact) mass is 367 g/mol. The molecular formula is C21H25N3O3. The largest absolute Gasteiger partial charge is 0.481 e. The summed E-state index contributed by atoms with van der Waals surface area (Å²) in [6.45, 7) is 2.03. The quantitative estimate of drug-likeness (QED) is 0.813. The minimum atomic E-state index is -0.833. The first kappa shape index (κ1) is 18.9. The van der Waals surface area contributed by atoms with Crippen molar-refractivity contribution in [2.45, 2.75) is 38.5 Å². The van der Waals surface area contributed by atoms with E-state index in [1.807, 2.05) is 18.2 Å². The Balaban J connectivity index is 1.62. The summed E-state index contributed by atoms with van der Waals surface area (Å²) in [5.74, 6) is -0.135. The number of aryl methyl sites for hydroxylation is 1. The highest BCUT2D eigenvalue weighted by molar-refractivity contribution is 6.04. The Bertz CT molecular complexity index is 782. The minimum absolute atomic E-state index is 0.0687. The lowest BCUT2D eigenvalue weighted by Gasteiger charge is -2.21. The summed E-state index contributed by atoms with van der Waals surface area (Å²) in [5, 5.41) is 11.6. The molecule has 1 fully saturated rings. The Morgan fingerprint density at radius 3 is 2.52 bits per heavy atom. The topological polar surface area (TPSA) is 82.5 Å². The second kappa shape index (κ2) is 9.16. The third kappa shape index (κ3) is 5.54. The molecule has 142 valence electrons. The number of carbonyl (C=O) groups excluding carboxylic acids is 1. The maximum atomic E-state index is 12.5. The number of nitrogens with one attached hydrogen (secondary N) is 1. The van der Waals surface area contributed by atoms with Crippen LogP contribution in [0.4, 0.5) is 11.5 Å². The lowest BCUT2D eigenvalue weighted by molar-refractivity contribution is -0.136. The third-order valence-corrected chi connectivity index (χ3v) is 4.75. The van der Waals surface area contributed by atoms with E-state index in [4.69, 9.17) is 5.11 Å². The molecule has 3 rings (SSSR count). The van der Waals surface area contributed by atoms with Gasteiger partial charge in [-0.1, -0.05) is 25.0 Å². The van der Waals surface area contributed by atoms with Crippen LogP contribution in [-0.4, -0.2) is 35.1 Å². The van der Waals surface area contributed by atoms with E-state index < -0.39 is 5.97 Å². The van der Waals surface area contributed by atoms with Gasteiger partial charge in [0.15, 0.2) is 0 Å². The van der Waals surface area contributed by atoms with Crippen LogP contribution < -0.4 is 10.2 Å². The van der Waals surface area contributed by atoms with Gasteiger partial charge in [0.1, 0.15) is 5.82 Å². The predicted molar refractivity (Wildman–Crippen MR) is 105 cm³/mol. The number of nitrogens with zero attached hydrogens (tertiary/aromatic N) is 2. The standard InChI is InChI=1S/C21H25N3O3/c25-20(26)11-8-16-6-5-7-18(14-16)23-21(27)17-9-10-19(22-15-17)24-12-3-1-2-4-13-24/h5-7,9-10,14-15H,1-4,8,11-13H2,(H,23,27)(H,25,26). The van der Waals surface area contributed by atoms with Crippen molar-refractivity contribution >= 4 is 23.4 Å². The van der Waals surface area contributed by atoms with Crippen molar-refractivity contribution in [3.05, 3.63) is 53.7 Å². The number of hydrogen-bond acceptors (Lipinski definition) is 4. The number of pyridine rings is 1. The van der Waals surface area contributed by atoms with Crippen molar-refractivity contribution in [1.82, 2.24) is 4.98 Å². The van der Waals surface area contributed by atoms with Crippen LogP contribution in [0.15, 0.2) is 42.6 Å². The van der Waals surface area contributed by atoms with E-state index in [1.54, 1.807) is 24.4 Å². The molecule has 1 aromatic heterocycles. The van der Waals surface area contributed by atoms with Crippen molar-refractivity contribution in [2.24, 2.45) is 0 Å². The normalized spacial score (nSPS) is 14.4. The van der Waals surface area contributed by atoms with Crippen molar-refractivity contribution in [2.75, 3.05) is 23.3 Å². The minimum Gasteiger partial charge on any atom is -0.481 e. The molecule has 27 heavy (non-hydrogen) atoms. The number of amides is 1. The summed E-state index contributed by atoms with van der Waals surface area (Å²) in [6, 6.07) is 11.0. The average molecular weight is 367 g/mol. The van der Waals surface area contributed by atoms with Gasteiger partial charge in [0.05, 0.1) is 5.56 Å². The highest BCUT2D eigenvalue weighted by atomic mass is 16.4. The first-order valence-electron chi connectivity index (χ1n) is 9.45. The van der Waals surface area contributed by atoms with E-state index in [9.17, 15) is 9.59 Å². The van der Waals surface area contributed by atoms with Gasteiger partial charge in [-0.05, 0) is 49.1 Å². The van der Waals surface area contributed by atoms with Gasteiger partial charge in [-0.3, -0.25) is 9.59 Å². The molecule has 1 aliphatic rings. The van der Waals surface area contributed by atoms with Crippen molar-refractivity contribution in [1.29, 1.82) is 0 Å². The van der Waals surface area contributed by atoms with E-state index in [2.05, 4.69) is 15.2 Å². The zero-order valence-electron chi connectivity index (χ0n) is 15.4. The highest BCUT2D eigenvalue weighted by Crippen LogP contribution is 2.18. The van der Waals surface area contributed by atoms with E-state index >= 15 is 0 Å². The molecule has 0 spiro atoms. The molecule has 0 radical (unpaired) electrons. The maximum Gasteiger partial charge on any atom is 0.303 e.